The highest BCUT2D eigenvalue weighted by Crippen LogP contribution is 2.34. The Kier molecular flexibility index (Phi) is 5.71. The zero-order chi connectivity index (χ0) is 21.3. The van der Waals surface area contributed by atoms with Gasteiger partial charge in [0.05, 0.1) is 5.57 Å². The van der Waals surface area contributed by atoms with Crippen molar-refractivity contribution in [1.29, 1.82) is 0 Å². The lowest BCUT2D eigenvalue weighted by atomic mass is 9.97. The van der Waals surface area contributed by atoms with Crippen LogP contribution in [-0.2, 0) is 16.0 Å². The molecule has 2 aromatic carbocycles. The molecular formula is C25H27FN2O2. The van der Waals surface area contributed by atoms with Crippen LogP contribution in [0.2, 0.25) is 0 Å². The van der Waals surface area contributed by atoms with E-state index in [1.54, 1.807) is 12.1 Å². The zero-order valence-corrected chi connectivity index (χ0v) is 17.5. The molecule has 0 saturated carbocycles. The Morgan fingerprint density at radius 1 is 0.933 bits per heavy atom. The van der Waals surface area contributed by atoms with Gasteiger partial charge in [-0.1, -0.05) is 48.9 Å². The highest BCUT2D eigenvalue weighted by Gasteiger charge is 2.41. The number of benzene rings is 2. The standard InChI is InChI=1S/C25H27FN2O2/c1-17-3-7-20(8-4-17)22-23(27-14-11-18(2)12-15-27)25(30)28(24(22)29)16-13-19-5-9-21(26)10-6-19/h3-10,18H,11-16H2,1-2H3. The van der Waals surface area contributed by atoms with Gasteiger partial charge in [0.1, 0.15) is 11.5 Å². The minimum atomic E-state index is -0.294. The Hall–Kier alpha value is -2.95. The molecule has 2 aliphatic heterocycles. The molecule has 2 aromatic rings. The fraction of sp³-hybridized carbons (Fsp3) is 0.360. The van der Waals surface area contributed by atoms with Gasteiger partial charge in [-0.25, -0.2) is 4.39 Å². The Bertz CT molecular complexity index is 971. The SMILES string of the molecule is Cc1ccc(C2=C(N3CCC(C)CC3)C(=O)N(CCc3ccc(F)cc3)C2=O)cc1. The molecule has 4 rings (SSSR count). The summed E-state index contributed by atoms with van der Waals surface area (Å²) in [7, 11) is 0. The maximum absolute atomic E-state index is 13.4. The van der Waals surface area contributed by atoms with E-state index in [1.165, 1.54) is 17.0 Å². The van der Waals surface area contributed by atoms with Gasteiger partial charge in [-0.15, -0.1) is 0 Å². The minimum Gasteiger partial charge on any atom is -0.366 e. The van der Waals surface area contributed by atoms with E-state index in [0.29, 0.717) is 23.6 Å². The van der Waals surface area contributed by atoms with Gasteiger partial charge in [-0.2, -0.15) is 0 Å². The molecular weight excluding hydrogens is 379 g/mol. The van der Waals surface area contributed by atoms with E-state index >= 15 is 0 Å². The number of nitrogens with zero attached hydrogens (tertiary/aromatic N) is 2. The number of aryl methyl sites for hydroxylation is 1. The van der Waals surface area contributed by atoms with Crippen LogP contribution in [0, 0.1) is 18.7 Å². The van der Waals surface area contributed by atoms with Gasteiger partial charge in [-0.05, 0) is 55.4 Å². The minimum absolute atomic E-state index is 0.216. The predicted molar refractivity (Wildman–Crippen MR) is 115 cm³/mol. The number of imide groups is 1. The second-order valence-electron chi connectivity index (χ2n) is 8.40. The fourth-order valence-electron chi connectivity index (χ4n) is 4.16. The van der Waals surface area contributed by atoms with Crippen molar-refractivity contribution in [3.05, 3.63) is 76.7 Å². The van der Waals surface area contributed by atoms with E-state index in [2.05, 4.69) is 11.8 Å². The van der Waals surface area contributed by atoms with Crippen LogP contribution in [0.3, 0.4) is 0 Å². The van der Waals surface area contributed by atoms with Crippen molar-refractivity contribution in [2.75, 3.05) is 19.6 Å². The molecule has 0 radical (unpaired) electrons. The average Bonchev–Trinajstić information content (AvgIpc) is 2.99. The van der Waals surface area contributed by atoms with Crippen molar-refractivity contribution in [3.63, 3.8) is 0 Å². The number of carbonyl (C=O) groups excluding carboxylic acids is 2. The third-order valence-electron chi connectivity index (χ3n) is 6.12. The summed E-state index contributed by atoms with van der Waals surface area (Å²) in [5.74, 6) is -0.115. The van der Waals surface area contributed by atoms with Gasteiger partial charge in [-0.3, -0.25) is 14.5 Å². The molecule has 5 heteroatoms. The summed E-state index contributed by atoms with van der Waals surface area (Å²) in [6.45, 7) is 6.09. The Labute approximate surface area is 177 Å². The summed E-state index contributed by atoms with van der Waals surface area (Å²) in [5, 5.41) is 0. The Morgan fingerprint density at radius 2 is 1.57 bits per heavy atom. The summed E-state index contributed by atoms with van der Waals surface area (Å²) >= 11 is 0. The molecule has 30 heavy (non-hydrogen) atoms. The van der Waals surface area contributed by atoms with Crippen LogP contribution >= 0.6 is 0 Å². The topological polar surface area (TPSA) is 40.6 Å². The van der Waals surface area contributed by atoms with Crippen LogP contribution in [0.1, 0.15) is 36.5 Å². The van der Waals surface area contributed by atoms with Gasteiger partial charge in [0, 0.05) is 19.6 Å². The van der Waals surface area contributed by atoms with Gasteiger partial charge in [0.25, 0.3) is 11.8 Å². The van der Waals surface area contributed by atoms with Gasteiger partial charge >= 0.3 is 0 Å². The average molecular weight is 407 g/mol. The summed E-state index contributed by atoms with van der Waals surface area (Å²) in [5.41, 5.74) is 3.84. The van der Waals surface area contributed by atoms with E-state index < -0.39 is 0 Å². The Balaban J connectivity index is 1.63. The number of halogens is 1. The number of hydrogen-bond acceptors (Lipinski definition) is 3. The van der Waals surface area contributed by atoms with Crippen LogP contribution in [-0.4, -0.2) is 41.2 Å². The van der Waals surface area contributed by atoms with E-state index in [4.69, 9.17) is 0 Å². The zero-order valence-electron chi connectivity index (χ0n) is 17.5. The normalized spacial score (nSPS) is 18.0. The first-order valence-electron chi connectivity index (χ1n) is 10.6. The van der Waals surface area contributed by atoms with Crippen molar-refractivity contribution in [3.8, 4) is 0 Å². The van der Waals surface area contributed by atoms with E-state index in [9.17, 15) is 14.0 Å². The van der Waals surface area contributed by atoms with Crippen molar-refractivity contribution < 1.29 is 14.0 Å². The quantitative estimate of drug-likeness (QED) is 0.699. The molecule has 0 aliphatic carbocycles. The van der Waals surface area contributed by atoms with Crippen molar-refractivity contribution in [2.45, 2.75) is 33.1 Å². The molecule has 4 nitrogen and oxygen atoms in total. The third-order valence-corrected chi connectivity index (χ3v) is 6.12. The van der Waals surface area contributed by atoms with Gasteiger partial charge in [0.15, 0.2) is 0 Å². The molecule has 0 unspecified atom stereocenters. The van der Waals surface area contributed by atoms with E-state index in [0.717, 1.165) is 42.6 Å². The summed E-state index contributed by atoms with van der Waals surface area (Å²) in [4.78, 5) is 30.2. The number of rotatable bonds is 5. The highest BCUT2D eigenvalue weighted by molar-refractivity contribution is 6.35. The number of amides is 2. The molecule has 1 saturated heterocycles. The van der Waals surface area contributed by atoms with Crippen LogP contribution in [0.4, 0.5) is 4.39 Å². The summed E-state index contributed by atoms with van der Waals surface area (Å²) in [6, 6.07) is 14.0. The summed E-state index contributed by atoms with van der Waals surface area (Å²) < 4.78 is 13.2. The van der Waals surface area contributed by atoms with Gasteiger partial charge in [0.2, 0.25) is 0 Å². The lowest BCUT2D eigenvalue weighted by molar-refractivity contribution is -0.137. The van der Waals surface area contributed by atoms with Crippen molar-refractivity contribution in [2.24, 2.45) is 5.92 Å². The van der Waals surface area contributed by atoms with E-state index in [-0.39, 0.29) is 24.2 Å². The van der Waals surface area contributed by atoms with Gasteiger partial charge < -0.3 is 4.90 Å². The van der Waals surface area contributed by atoms with Crippen molar-refractivity contribution in [1.82, 2.24) is 9.80 Å². The highest BCUT2D eigenvalue weighted by atomic mass is 19.1. The van der Waals surface area contributed by atoms with Crippen LogP contribution in [0.15, 0.2) is 54.2 Å². The first-order valence-corrected chi connectivity index (χ1v) is 10.6. The summed E-state index contributed by atoms with van der Waals surface area (Å²) in [6.07, 6.45) is 2.53. The number of likely N-dealkylation sites (tertiary alicyclic amines) is 1. The largest absolute Gasteiger partial charge is 0.366 e. The number of carbonyl (C=O) groups is 2. The molecule has 0 atom stereocenters. The molecule has 156 valence electrons. The van der Waals surface area contributed by atoms with Crippen LogP contribution in [0.5, 0.6) is 0 Å². The monoisotopic (exact) mass is 406 g/mol. The predicted octanol–water partition coefficient (Wildman–Crippen LogP) is 4.19. The molecule has 2 amide bonds. The maximum Gasteiger partial charge on any atom is 0.277 e. The third kappa shape index (κ3) is 4.02. The maximum atomic E-state index is 13.4. The van der Waals surface area contributed by atoms with Crippen molar-refractivity contribution >= 4 is 17.4 Å². The molecule has 0 spiro atoms. The second-order valence-corrected chi connectivity index (χ2v) is 8.40. The molecule has 1 fully saturated rings. The lowest BCUT2D eigenvalue weighted by Crippen LogP contribution is -2.39. The number of hydrogen-bond donors (Lipinski definition) is 0. The molecule has 2 heterocycles. The first-order chi connectivity index (χ1) is 14.4. The smallest absolute Gasteiger partial charge is 0.277 e. The van der Waals surface area contributed by atoms with E-state index in [1.807, 2.05) is 31.2 Å². The van der Waals surface area contributed by atoms with Crippen LogP contribution in [0.25, 0.3) is 5.57 Å². The molecule has 0 bridgehead atoms. The second kappa shape index (κ2) is 8.42. The van der Waals surface area contributed by atoms with Crippen LogP contribution < -0.4 is 0 Å². The first kappa shape index (κ1) is 20.3. The fourth-order valence-corrected chi connectivity index (χ4v) is 4.16. The molecule has 0 aromatic heterocycles. The number of piperidine rings is 1. The molecule has 0 N–H and O–H groups in total. The lowest BCUT2D eigenvalue weighted by Gasteiger charge is -2.32. The molecule has 2 aliphatic rings. The Morgan fingerprint density at radius 3 is 2.20 bits per heavy atom.